The number of carboxylic acids is 1. The van der Waals surface area contributed by atoms with Gasteiger partial charge in [-0.15, -0.1) is 0 Å². The van der Waals surface area contributed by atoms with E-state index in [1.165, 1.54) is 47.8 Å². The van der Waals surface area contributed by atoms with Crippen molar-refractivity contribution in [2.75, 3.05) is 0 Å². The highest BCUT2D eigenvalue weighted by molar-refractivity contribution is 5.90. The second-order valence-electron chi connectivity index (χ2n) is 7.67. The molecule has 3 nitrogen and oxygen atoms in total. The summed E-state index contributed by atoms with van der Waals surface area (Å²) < 4.78 is 2.36. The largest absolute Gasteiger partial charge is 0.478 e. The summed E-state index contributed by atoms with van der Waals surface area (Å²) in [6.07, 6.45) is 6.31. The maximum absolute atomic E-state index is 11.6. The zero-order valence-corrected chi connectivity index (χ0v) is 14.2. The normalized spacial score (nSPS) is 17.6. The van der Waals surface area contributed by atoms with Crippen molar-refractivity contribution >= 4 is 16.9 Å². The molecule has 0 saturated heterocycles. The van der Waals surface area contributed by atoms with E-state index in [-0.39, 0.29) is 0 Å². The van der Waals surface area contributed by atoms with E-state index in [4.69, 9.17) is 0 Å². The van der Waals surface area contributed by atoms with Crippen LogP contribution < -0.4 is 0 Å². The summed E-state index contributed by atoms with van der Waals surface area (Å²) >= 11 is 0. The van der Waals surface area contributed by atoms with Crippen molar-refractivity contribution < 1.29 is 9.90 Å². The van der Waals surface area contributed by atoms with E-state index in [1.54, 1.807) is 12.1 Å². The van der Waals surface area contributed by atoms with Gasteiger partial charge in [0.2, 0.25) is 0 Å². The van der Waals surface area contributed by atoms with E-state index in [9.17, 15) is 9.90 Å². The second kappa shape index (κ2) is 5.22. The van der Waals surface area contributed by atoms with Gasteiger partial charge >= 0.3 is 5.97 Å². The topological polar surface area (TPSA) is 42.2 Å². The molecule has 0 bridgehead atoms. The first-order chi connectivity index (χ1) is 12.2. The first kappa shape index (κ1) is 14.8. The van der Waals surface area contributed by atoms with Gasteiger partial charge in [-0.05, 0) is 60.8 Å². The van der Waals surface area contributed by atoms with Gasteiger partial charge in [0.05, 0.1) is 5.56 Å². The van der Waals surface area contributed by atoms with Gasteiger partial charge in [0.1, 0.15) is 0 Å². The molecule has 2 aromatic carbocycles. The average molecular weight is 331 g/mol. The van der Waals surface area contributed by atoms with Crippen LogP contribution in [-0.4, -0.2) is 15.6 Å². The number of aromatic nitrogens is 1. The van der Waals surface area contributed by atoms with Crippen LogP contribution in [0.15, 0.2) is 48.5 Å². The van der Waals surface area contributed by atoms with Crippen molar-refractivity contribution in [2.24, 2.45) is 5.41 Å². The van der Waals surface area contributed by atoms with E-state index in [0.717, 1.165) is 12.0 Å². The lowest BCUT2D eigenvalue weighted by atomic mass is 9.84. The molecule has 0 atom stereocenters. The highest BCUT2D eigenvalue weighted by atomic mass is 16.4. The number of carboxylic acid groups (broad SMARTS) is 1. The Morgan fingerprint density at radius 1 is 1.04 bits per heavy atom. The van der Waals surface area contributed by atoms with Crippen LogP contribution in [0.2, 0.25) is 0 Å². The summed E-state index contributed by atoms with van der Waals surface area (Å²) in [7, 11) is 0. The molecular formula is C22H21NO2. The molecule has 5 rings (SSSR count). The number of benzene rings is 2. The highest BCUT2D eigenvalue weighted by Crippen LogP contribution is 2.56. The Labute approximate surface area is 146 Å². The fourth-order valence-electron chi connectivity index (χ4n) is 4.58. The number of nitrogens with zero attached hydrogens (tertiary/aromatic N) is 1. The van der Waals surface area contributed by atoms with Crippen LogP contribution in [0.3, 0.4) is 0 Å². The van der Waals surface area contributed by atoms with Crippen LogP contribution in [0.5, 0.6) is 0 Å². The molecule has 1 fully saturated rings. The van der Waals surface area contributed by atoms with Crippen molar-refractivity contribution in [3.63, 3.8) is 0 Å². The van der Waals surface area contributed by atoms with Gasteiger partial charge in [-0.3, -0.25) is 0 Å². The number of aromatic carboxylic acids is 1. The Balaban J connectivity index is 1.66. The van der Waals surface area contributed by atoms with Crippen molar-refractivity contribution in [3.05, 3.63) is 70.9 Å². The molecule has 3 aromatic rings. The molecule has 25 heavy (non-hydrogen) atoms. The van der Waals surface area contributed by atoms with E-state index in [1.807, 2.05) is 12.1 Å². The molecule has 1 saturated carbocycles. The summed E-state index contributed by atoms with van der Waals surface area (Å²) in [6, 6.07) is 16.0. The third-order valence-corrected chi connectivity index (χ3v) is 6.17. The molecule has 2 aliphatic rings. The maximum atomic E-state index is 11.6. The second-order valence-corrected chi connectivity index (χ2v) is 7.67. The molecule has 3 heteroatoms. The molecule has 0 unspecified atom stereocenters. The van der Waals surface area contributed by atoms with E-state index >= 15 is 0 Å². The zero-order chi connectivity index (χ0) is 17.0. The number of rotatable bonds is 3. The lowest BCUT2D eigenvalue weighted by Gasteiger charge is -2.23. The Morgan fingerprint density at radius 2 is 1.80 bits per heavy atom. The summed E-state index contributed by atoms with van der Waals surface area (Å²) in [5.74, 6) is -0.849. The minimum Gasteiger partial charge on any atom is -0.478 e. The van der Waals surface area contributed by atoms with Gasteiger partial charge in [0.15, 0.2) is 0 Å². The molecule has 1 aromatic heterocycles. The molecular weight excluding hydrogens is 310 g/mol. The molecule has 2 aliphatic carbocycles. The van der Waals surface area contributed by atoms with Gasteiger partial charge in [0, 0.05) is 23.1 Å². The predicted octanol–water partition coefficient (Wildman–Crippen LogP) is 4.66. The van der Waals surface area contributed by atoms with Crippen molar-refractivity contribution in [1.29, 1.82) is 0 Å². The first-order valence-electron chi connectivity index (χ1n) is 9.07. The standard InChI is InChI=1S/C22H21NO2/c24-21(25)16-6-2-1-5-15(16)14-23-19-8-4-3-7-17(19)18-13-22(11-12-22)10-9-20(18)23/h1-8H,9-14H2,(H,24,25). The van der Waals surface area contributed by atoms with Crippen LogP contribution in [0.25, 0.3) is 10.9 Å². The fourth-order valence-corrected chi connectivity index (χ4v) is 4.58. The Hall–Kier alpha value is -2.55. The summed E-state index contributed by atoms with van der Waals surface area (Å²) in [5.41, 5.74) is 6.02. The maximum Gasteiger partial charge on any atom is 0.336 e. The van der Waals surface area contributed by atoms with Crippen molar-refractivity contribution in [2.45, 2.75) is 38.6 Å². The van der Waals surface area contributed by atoms with Crippen molar-refractivity contribution in [1.82, 2.24) is 4.57 Å². The average Bonchev–Trinajstić information content (AvgIpc) is 3.31. The predicted molar refractivity (Wildman–Crippen MR) is 98.1 cm³/mol. The minimum absolute atomic E-state index is 0.406. The Morgan fingerprint density at radius 3 is 2.60 bits per heavy atom. The Kier molecular flexibility index (Phi) is 3.08. The molecule has 1 heterocycles. The number of fused-ring (bicyclic) bond motifs is 3. The third kappa shape index (κ3) is 2.30. The fraction of sp³-hybridized carbons (Fsp3) is 0.318. The highest BCUT2D eigenvalue weighted by Gasteiger charge is 2.45. The van der Waals surface area contributed by atoms with Crippen molar-refractivity contribution in [3.8, 4) is 0 Å². The van der Waals surface area contributed by atoms with Crippen LogP contribution in [-0.2, 0) is 19.4 Å². The minimum atomic E-state index is -0.849. The number of hydrogen-bond acceptors (Lipinski definition) is 1. The third-order valence-electron chi connectivity index (χ3n) is 6.17. The monoisotopic (exact) mass is 331 g/mol. The molecule has 0 amide bonds. The van der Waals surface area contributed by atoms with Crippen LogP contribution in [0.4, 0.5) is 0 Å². The zero-order valence-electron chi connectivity index (χ0n) is 14.2. The molecule has 1 N–H and O–H groups in total. The van der Waals surface area contributed by atoms with Gasteiger partial charge in [0.25, 0.3) is 0 Å². The molecule has 0 aliphatic heterocycles. The Bertz CT molecular complexity index is 994. The van der Waals surface area contributed by atoms with Gasteiger partial charge in [-0.1, -0.05) is 36.4 Å². The lowest BCUT2D eigenvalue weighted by Crippen LogP contribution is -2.17. The summed E-state index contributed by atoms with van der Waals surface area (Å²) in [4.78, 5) is 11.6. The van der Waals surface area contributed by atoms with Gasteiger partial charge < -0.3 is 9.67 Å². The molecule has 126 valence electrons. The van der Waals surface area contributed by atoms with Gasteiger partial charge in [-0.25, -0.2) is 4.79 Å². The number of para-hydroxylation sites is 1. The SMILES string of the molecule is O=C(O)c1ccccc1Cn1c2c(c3ccccc31)CC1(CC2)CC1. The van der Waals surface area contributed by atoms with E-state index in [2.05, 4.69) is 28.8 Å². The van der Waals surface area contributed by atoms with Crippen LogP contribution in [0, 0.1) is 5.41 Å². The lowest BCUT2D eigenvalue weighted by molar-refractivity contribution is 0.0695. The number of carbonyl (C=O) groups is 1. The first-order valence-corrected chi connectivity index (χ1v) is 9.07. The summed E-state index contributed by atoms with van der Waals surface area (Å²) in [6.45, 7) is 0.630. The smallest absolute Gasteiger partial charge is 0.336 e. The number of hydrogen-bond donors (Lipinski definition) is 1. The molecule has 1 spiro atoms. The van der Waals surface area contributed by atoms with E-state index in [0.29, 0.717) is 17.5 Å². The molecule has 0 radical (unpaired) electrons. The van der Waals surface area contributed by atoms with E-state index < -0.39 is 5.97 Å². The quantitative estimate of drug-likeness (QED) is 0.758. The summed E-state index contributed by atoms with van der Waals surface area (Å²) in [5, 5.41) is 10.9. The van der Waals surface area contributed by atoms with Crippen LogP contribution in [0.1, 0.15) is 46.4 Å². The van der Waals surface area contributed by atoms with Gasteiger partial charge in [-0.2, -0.15) is 0 Å². The van der Waals surface area contributed by atoms with Crippen LogP contribution >= 0.6 is 0 Å².